The summed E-state index contributed by atoms with van der Waals surface area (Å²) < 4.78 is 13.0. The third kappa shape index (κ3) is 6.04. The van der Waals surface area contributed by atoms with Crippen LogP contribution in [-0.2, 0) is 0 Å². The van der Waals surface area contributed by atoms with Gasteiger partial charge in [-0.05, 0) is 36.4 Å². The van der Waals surface area contributed by atoms with Crippen LogP contribution >= 0.6 is 24.0 Å². The van der Waals surface area contributed by atoms with E-state index in [9.17, 15) is 9.18 Å². The molecule has 150 valence electrons. The number of hydrogen-bond donors (Lipinski definition) is 2. The topological polar surface area (TPSA) is 86.8 Å². The fourth-order valence-electron chi connectivity index (χ4n) is 2.88. The lowest BCUT2D eigenvalue weighted by atomic mass is 10.2. The van der Waals surface area contributed by atoms with Crippen LogP contribution in [-0.4, -0.2) is 61.0 Å². The van der Waals surface area contributed by atoms with Gasteiger partial charge in [-0.1, -0.05) is 0 Å². The van der Waals surface area contributed by atoms with Crippen molar-refractivity contribution in [2.24, 2.45) is 10.7 Å². The molecule has 0 bridgehead atoms. The Bertz CT molecular complexity index is 779. The van der Waals surface area contributed by atoms with Crippen molar-refractivity contribution in [3.8, 4) is 0 Å². The Morgan fingerprint density at radius 1 is 1.18 bits per heavy atom. The molecule has 1 aromatic heterocycles. The van der Waals surface area contributed by atoms with E-state index >= 15 is 0 Å². The molecule has 0 aliphatic carbocycles. The number of carbonyl (C=O) groups excluding carboxylic acids is 1. The number of aliphatic imine (C=N–C) groups is 1. The number of halogens is 2. The summed E-state index contributed by atoms with van der Waals surface area (Å²) in [4.78, 5) is 24.4. The number of carbonyl (C=O) groups is 1. The SMILES string of the molecule is I.NC(=NCCNC(=O)c1cccnc1)N1CCN(c2ccc(F)cc2)CC1. The van der Waals surface area contributed by atoms with Crippen LogP contribution in [0.1, 0.15) is 10.4 Å². The van der Waals surface area contributed by atoms with Gasteiger partial charge >= 0.3 is 0 Å². The number of aromatic nitrogens is 1. The zero-order valence-corrected chi connectivity index (χ0v) is 17.8. The van der Waals surface area contributed by atoms with Crippen LogP contribution in [0.5, 0.6) is 0 Å². The highest BCUT2D eigenvalue weighted by Gasteiger charge is 2.18. The normalized spacial score (nSPS) is 14.4. The van der Waals surface area contributed by atoms with Crippen molar-refractivity contribution < 1.29 is 9.18 Å². The van der Waals surface area contributed by atoms with E-state index < -0.39 is 0 Å². The summed E-state index contributed by atoms with van der Waals surface area (Å²) in [5.41, 5.74) is 7.59. The second-order valence-electron chi connectivity index (χ2n) is 6.19. The first-order valence-corrected chi connectivity index (χ1v) is 8.87. The molecule has 1 aliphatic rings. The smallest absolute Gasteiger partial charge is 0.252 e. The summed E-state index contributed by atoms with van der Waals surface area (Å²) in [6.45, 7) is 3.89. The molecule has 3 N–H and O–H groups in total. The first-order chi connectivity index (χ1) is 13.1. The highest BCUT2D eigenvalue weighted by Crippen LogP contribution is 2.16. The van der Waals surface area contributed by atoms with E-state index in [1.807, 2.05) is 4.90 Å². The van der Waals surface area contributed by atoms with Crippen molar-refractivity contribution in [3.05, 3.63) is 60.2 Å². The van der Waals surface area contributed by atoms with Gasteiger partial charge < -0.3 is 20.9 Å². The molecule has 2 aromatic rings. The Morgan fingerprint density at radius 3 is 2.54 bits per heavy atom. The van der Waals surface area contributed by atoms with Gasteiger partial charge in [0.15, 0.2) is 5.96 Å². The number of pyridine rings is 1. The van der Waals surface area contributed by atoms with Crippen LogP contribution < -0.4 is 16.0 Å². The minimum Gasteiger partial charge on any atom is -0.370 e. The molecule has 0 spiro atoms. The average Bonchev–Trinajstić information content (AvgIpc) is 2.72. The molecule has 0 atom stereocenters. The van der Waals surface area contributed by atoms with Crippen molar-refractivity contribution in [1.82, 2.24) is 15.2 Å². The van der Waals surface area contributed by atoms with Crippen LogP contribution in [0.3, 0.4) is 0 Å². The van der Waals surface area contributed by atoms with E-state index in [0.29, 0.717) is 24.6 Å². The molecule has 3 rings (SSSR count). The predicted octanol–water partition coefficient (Wildman–Crippen LogP) is 1.71. The Morgan fingerprint density at radius 2 is 1.89 bits per heavy atom. The van der Waals surface area contributed by atoms with Gasteiger partial charge in [-0.15, -0.1) is 24.0 Å². The molecule has 9 heteroatoms. The standard InChI is InChI=1S/C19H23FN6O.HI/c20-16-3-5-17(6-4-16)25-10-12-26(13-11-25)19(21)24-9-8-23-18(27)15-2-1-7-22-14-15;/h1-7,14H,8-13H2,(H2,21,24)(H,23,27);1H. The van der Waals surface area contributed by atoms with Gasteiger partial charge in [0.2, 0.25) is 0 Å². The lowest BCUT2D eigenvalue weighted by Crippen LogP contribution is -2.51. The van der Waals surface area contributed by atoms with Gasteiger partial charge in [-0.2, -0.15) is 0 Å². The number of rotatable bonds is 5. The molecule has 0 unspecified atom stereocenters. The molecule has 1 aliphatic heterocycles. The van der Waals surface area contributed by atoms with E-state index in [0.717, 1.165) is 31.9 Å². The number of nitrogens with zero attached hydrogens (tertiary/aromatic N) is 4. The number of nitrogens with two attached hydrogens (primary N) is 1. The fraction of sp³-hybridized carbons (Fsp3) is 0.316. The Hall–Kier alpha value is -2.43. The summed E-state index contributed by atoms with van der Waals surface area (Å²) in [5, 5.41) is 2.79. The minimum atomic E-state index is -0.232. The summed E-state index contributed by atoms with van der Waals surface area (Å²) in [6, 6.07) is 9.94. The maximum absolute atomic E-state index is 13.0. The van der Waals surface area contributed by atoms with Gasteiger partial charge in [-0.3, -0.25) is 14.8 Å². The molecule has 1 aromatic carbocycles. The van der Waals surface area contributed by atoms with Crippen molar-refractivity contribution in [2.75, 3.05) is 44.2 Å². The van der Waals surface area contributed by atoms with Crippen molar-refractivity contribution in [2.45, 2.75) is 0 Å². The van der Waals surface area contributed by atoms with Crippen LogP contribution in [0.2, 0.25) is 0 Å². The number of hydrogen-bond acceptors (Lipinski definition) is 4. The molecule has 2 heterocycles. The first kappa shape index (κ1) is 21.9. The number of amides is 1. The van der Waals surface area contributed by atoms with E-state index in [2.05, 4.69) is 20.2 Å². The molecule has 28 heavy (non-hydrogen) atoms. The largest absolute Gasteiger partial charge is 0.370 e. The fourth-order valence-corrected chi connectivity index (χ4v) is 2.88. The maximum atomic E-state index is 13.0. The Kier molecular flexibility index (Phi) is 8.42. The first-order valence-electron chi connectivity index (χ1n) is 8.87. The molecular formula is C19H24FIN6O. The van der Waals surface area contributed by atoms with Crippen LogP contribution in [0.25, 0.3) is 0 Å². The third-order valence-electron chi connectivity index (χ3n) is 4.39. The Balaban J connectivity index is 0.00000280. The molecular weight excluding hydrogens is 474 g/mol. The Labute approximate surface area is 180 Å². The maximum Gasteiger partial charge on any atom is 0.252 e. The quantitative estimate of drug-likeness (QED) is 0.284. The van der Waals surface area contributed by atoms with Crippen LogP contribution in [0.4, 0.5) is 10.1 Å². The van der Waals surface area contributed by atoms with Crippen LogP contribution in [0.15, 0.2) is 53.8 Å². The van der Waals surface area contributed by atoms with E-state index in [1.54, 1.807) is 30.5 Å². The van der Waals surface area contributed by atoms with Gasteiger partial charge in [0, 0.05) is 50.8 Å². The van der Waals surface area contributed by atoms with Gasteiger partial charge in [0.1, 0.15) is 5.82 Å². The van der Waals surface area contributed by atoms with Crippen molar-refractivity contribution in [3.63, 3.8) is 0 Å². The number of benzene rings is 1. The monoisotopic (exact) mass is 498 g/mol. The summed E-state index contributed by atoms with van der Waals surface area (Å²) in [7, 11) is 0. The van der Waals surface area contributed by atoms with E-state index in [-0.39, 0.29) is 35.7 Å². The number of anilines is 1. The molecule has 0 saturated carbocycles. The summed E-state index contributed by atoms with van der Waals surface area (Å²) >= 11 is 0. The molecule has 7 nitrogen and oxygen atoms in total. The molecule has 1 fully saturated rings. The van der Waals surface area contributed by atoms with Crippen LogP contribution in [0, 0.1) is 5.82 Å². The predicted molar refractivity (Wildman–Crippen MR) is 119 cm³/mol. The highest BCUT2D eigenvalue weighted by atomic mass is 127. The van der Waals surface area contributed by atoms with Crippen molar-refractivity contribution >= 4 is 41.5 Å². The van der Waals surface area contributed by atoms with Crippen molar-refractivity contribution in [1.29, 1.82) is 0 Å². The number of guanidine groups is 1. The average molecular weight is 498 g/mol. The minimum absolute atomic E-state index is 0. The lowest BCUT2D eigenvalue weighted by Gasteiger charge is -2.36. The summed E-state index contributed by atoms with van der Waals surface area (Å²) in [5.74, 6) is 0.0681. The summed E-state index contributed by atoms with van der Waals surface area (Å²) in [6.07, 6.45) is 3.14. The van der Waals surface area contributed by atoms with Gasteiger partial charge in [0.25, 0.3) is 5.91 Å². The van der Waals surface area contributed by atoms with Gasteiger partial charge in [0.05, 0.1) is 12.1 Å². The number of piperazine rings is 1. The van der Waals surface area contributed by atoms with E-state index in [1.165, 1.54) is 18.3 Å². The number of nitrogens with one attached hydrogen (secondary N) is 1. The third-order valence-corrected chi connectivity index (χ3v) is 4.39. The molecule has 0 radical (unpaired) electrons. The second-order valence-corrected chi connectivity index (χ2v) is 6.19. The highest BCUT2D eigenvalue weighted by molar-refractivity contribution is 14.0. The second kappa shape index (κ2) is 10.8. The molecule has 1 saturated heterocycles. The van der Waals surface area contributed by atoms with E-state index in [4.69, 9.17) is 5.73 Å². The molecule has 1 amide bonds. The van der Waals surface area contributed by atoms with Gasteiger partial charge in [-0.25, -0.2) is 4.39 Å². The lowest BCUT2D eigenvalue weighted by molar-refractivity contribution is 0.0954. The zero-order chi connectivity index (χ0) is 19.1. The zero-order valence-electron chi connectivity index (χ0n) is 15.4.